The molecule has 0 radical (unpaired) electrons. The normalized spacial score (nSPS) is 12.2. The summed E-state index contributed by atoms with van der Waals surface area (Å²) in [5, 5.41) is 3.69. The summed E-state index contributed by atoms with van der Waals surface area (Å²) >= 11 is 11.9. The molecule has 0 heterocycles. The van der Waals surface area contributed by atoms with Crippen LogP contribution >= 0.6 is 23.2 Å². The molecule has 0 saturated heterocycles. The van der Waals surface area contributed by atoms with Crippen LogP contribution in [0.3, 0.4) is 0 Å². The minimum atomic E-state index is -3.71. The molecule has 0 fully saturated rings. The van der Waals surface area contributed by atoms with Gasteiger partial charge in [0.05, 0.1) is 4.90 Å². The Balaban J connectivity index is 1.52. The summed E-state index contributed by atoms with van der Waals surface area (Å²) in [6.45, 7) is 1.79. The van der Waals surface area contributed by atoms with Crippen LogP contribution in [0.15, 0.2) is 77.7 Å². The molecule has 0 spiro atoms. The maximum atomic E-state index is 12.6. The lowest BCUT2D eigenvalue weighted by atomic mass is 10.1. The van der Waals surface area contributed by atoms with Crippen LogP contribution in [0, 0.1) is 0 Å². The number of rotatable bonds is 9. The van der Waals surface area contributed by atoms with E-state index >= 15 is 0 Å². The van der Waals surface area contributed by atoms with Crippen molar-refractivity contribution >= 4 is 39.1 Å². The van der Waals surface area contributed by atoms with Gasteiger partial charge < -0.3 is 10.1 Å². The number of nitrogens with one attached hydrogen (secondary N) is 2. The highest BCUT2D eigenvalue weighted by molar-refractivity contribution is 7.89. The number of ether oxygens (including phenoxy) is 1. The van der Waals surface area contributed by atoms with Crippen molar-refractivity contribution in [3.8, 4) is 5.75 Å². The zero-order valence-electron chi connectivity index (χ0n) is 17.2. The fourth-order valence-corrected chi connectivity index (χ4v) is 4.59. The van der Waals surface area contributed by atoms with Gasteiger partial charge >= 0.3 is 0 Å². The minimum Gasteiger partial charge on any atom is -0.484 e. The van der Waals surface area contributed by atoms with Gasteiger partial charge in [-0.05, 0) is 54.4 Å². The molecule has 3 rings (SSSR count). The van der Waals surface area contributed by atoms with Crippen LogP contribution in [0.4, 0.5) is 0 Å². The monoisotopic (exact) mass is 492 g/mol. The molecule has 0 aliphatic rings. The van der Waals surface area contributed by atoms with E-state index in [1.807, 2.05) is 30.3 Å². The van der Waals surface area contributed by atoms with Gasteiger partial charge in [0, 0.05) is 22.6 Å². The number of sulfonamides is 1. The van der Waals surface area contributed by atoms with Crippen molar-refractivity contribution in [2.45, 2.75) is 24.4 Å². The summed E-state index contributed by atoms with van der Waals surface area (Å²) in [7, 11) is -3.71. The maximum Gasteiger partial charge on any atom is 0.258 e. The Bertz CT molecular complexity index is 1170. The van der Waals surface area contributed by atoms with Gasteiger partial charge in [-0.3, -0.25) is 4.79 Å². The Hall–Kier alpha value is -2.58. The van der Waals surface area contributed by atoms with Crippen LogP contribution in [0.2, 0.25) is 10.0 Å². The summed E-state index contributed by atoms with van der Waals surface area (Å²) < 4.78 is 33.3. The zero-order chi connectivity index (χ0) is 23.1. The number of carbonyl (C=O) groups is 1. The molecule has 6 nitrogen and oxygen atoms in total. The van der Waals surface area contributed by atoms with Crippen molar-refractivity contribution in [1.82, 2.24) is 10.0 Å². The van der Waals surface area contributed by atoms with Gasteiger partial charge in [0.2, 0.25) is 10.0 Å². The summed E-state index contributed by atoms with van der Waals surface area (Å²) in [5.74, 6) is 0.0331. The Morgan fingerprint density at radius 2 is 1.69 bits per heavy atom. The van der Waals surface area contributed by atoms with Gasteiger partial charge in [-0.1, -0.05) is 59.6 Å². The average Bonchev–Trinajstić information content (AvgIpc) is 2.77. The molecule has 0 aromatic heterocycles. The largest absolute Gasteiger partial charge is 0.484 e. The Morgan fingerprint density at radius 3 is 2.34 bits per heavy atom. The van der Waals surface area contributed by atoms with E-state index in [4.69, 9.17) is 27.9 Å². The summed E-state index contributed by atoms with van der Waals surface area (Å²) in [6.07, 6.45) is 0. The van der Waals surface area contributed by atoms with Crippen LogP contribution in [0.5, 0.6) is 5.75 Å². The molecule has 2 N–H and O–H groups in total. The Morgan fingerprint density at radius 1 is 1.00 bits per heavy atom. The van der Waals surface area contributed by atoms with Gasteiger partial charge in [0.25, 0.3) is 5.91 Å². The second-order valence-electron chi connectivity index (χ2n) is 7.03. The van der Waals surface area contributed by atoms with Crippen LogP contribution in [-0.2, 0) is 21.4 Å². The van der Waals surface area contributed by atoms with Crippen LogP contribution in [-0.4, -0.2) is 20.9 Å². The molecule has 168 valence electrons. The molecule has 0 aliphatic carbocycles. The highest BCUT2D eigenvalue weighted by Gasteiger charge is 2.18. The van der Waals surface area contributed by atoms with E-state index in [0.717, 1.165) is 11.1 Å². The first kappa shape index (κ1) is 24.1. The number of amides is 1. The molecule has 0 bridgehead atoms. The van der Waals surface area contributed by atoms with E-state index in [1.54, 1.807) is 25.1 Å². The van der Waals surface area contributed by atoms with E-state index in [2.05, 4.69) is 10.0 Å². The summed E-state index contributed by atoms with van der Waals surface area (Å²) in [6, 6.07) is 19.8. The molecule has 3 aromatic carbocycles. The summed E-state index contributed by atoms with van der Waals surface area (Å²) in [5.41, 5.74) is 1.60. The van der Waals surface area contributed by atoms with Crippen molar-refractivity contribution in [1.29, 1.82) is 0 Å². The van der Waals surface area contributed by atoms with Crippen molar-refractivity contribution in [3.05, 3.63) is 94.0 Å². The van der Waals surface area contributed by atoms with Gasteiger partial charge in [0.1, 0.15) is 5.75 Å². The highest BCUT2D eigenvalue weighted by Crippen LogP contribution is 2.21. The molecular weight excluding hydrogens is 471 g/mol. The Labute approximate surface area is 197 Å². The first-order valence-electron chi connectivity index (χ1n) is 9.75. The fourth-order valence-electron chi connectivity index (χ4n) is 2.88. The lowest BCUT2D eigenvalue weighted by Crippen LogP contribution is -2.28. The second kappa shape index (κ2) is 10.8. The number of hydrogen-bond acceptors (Lipinski definition) is 4. The molecule has 0 aliphatic heterocycles. The molecule has 1 atom stereocenters. The molecule has 3 aromatic rings. The zero-order valence-corrected chi connectivity index (χ0v) is 19.5. The first-order valence-corrected chi connectivity index (χ1v) is 12.0. The Kier molecular flexibility index (Phi) is 8.15. The van der Waals surface area contributed by atoms with Gasteiger partial charge in [-0.15, -0.1) is 0 Å². The molecule has 32 heavy (non-hydrogen) atoms. The van der Waals surface area contributed by atoms with Crippen molar-refractivity contribution in [2.24, 2.45) is 0 Å². The number of hydrogen-bond donors (Lipinski definition) is 2. The van der Waals surface area contributed by atoms with Crippen LogP contribution in [0.1, 0.15) is 24.1 Å². The third-order valence-corrected chi connectivity index (χ3v) is 6.77. The fraction of sp³-hybridized carbons (Fsp3) is 0.174. The van der Waals surface area contributed by atoms with E-state index in [9.17, 15) is 13.2 Å². The quantitative estimate of drug-likeness (QED) is 0.452. The van der Waals surface area contributed by atoms with Gasteiger partial charge in [-0.25, -0.2) is 13.1 Å². The standard InChI is InChI=1S/C23H22Cl2N2O4S/c1-16(17-5-3-2-4-6-17)27-32(29,30)21-11-9-20(10-12-21)31-15-23(28)26-14-18-7-8-19(24)13-22(18)25/h2-13,16,27H,14-15H2,1H3,(H,26,28)/t16-/m1/s1. The number of halogens is 2. The van der Waals surface area contributed by atoms with E-state index < -0.39 is 10.0 Å². The predicted octanol–water partition coefficient (Wildman–Crippen LogP) is 4.73. The lowest BCUT2D eigenvalue weighted by molar-refractivity contribution is -0.123. The SMILES string of the molecule is C[C@@H](NS(=O)(=O)c1ccc(OCC(=O)NCc2ccc(Cl)cc2Cl)cc1)c1ccccc1. The number of carbonyl (C=O) groups excluding carboxylic acids is 1. The average molecular weight is 493 g/mol. The second-order valence-corrected chi connectivity index (χ2v) is 9.58. The van der Waals surface area contributed by atoms with Crippen molar-refractivity contribution < 1.29 is 17.9 Å². The molecular formula is C23H22Cl2N2O4S. The van der Waals surface area contributed by atoms with Crippen molar-refractivity contribution in [3.63, 3.8) is 0 Å². The third-order valence-electron chi connectivity index (χ3n) is 4.63. The lowest BCUT2D eigenvalue weighted by Gasteiger charge is -2.15. The van der Waals surface area contributed by atoms with E-state index in [0.29, 0.717) is 15.8 Å². The van der Waals surface area contributed by atoms with E-state index in [-0.39, 0.29) is 30.0 Å². The molecule has 1 amide bonds. The third kappa shape index (κ3) is 6.71. The van der Waals surface area contributed by atoms with Gasteiger partial charge in [0.15, 0.2) is 6.61 Å². The summed E-state index contributed by atoms with van der Waals surface area (Å²) in [4.78, 5) is 12.1. The number of benzene rings is 3. The highest BCUT2D eigenvalue weighted by atomic mass is 35.5. The van der Waals surface area contributed by atoms with Gasteiger partial charge in [-0.2, -0.15) is 0 Å². The van der Waals surface area contributed by atoms with Crippen molar-refractivity contribution in [2.75, 3.05) is 6.61 Å². The predicted molar refractivity (Wildman–Crippen MR) is 125 cm³/mol. The molecule has 0 saturated carbocycles. The first-order chi connectivity index (χ1) is 15.2. The van der Waals surface area contributed by atoms with Crippen LogP contribution in [0.25, 0.3) is 0 Å². The molecule has 0 unspecified atom stereocenters. The smallest absolute Gasteiger partial charge is 0.258 e. The van der Waals surface area contributed by atoms with E-state index in [1.165, 1.54) is 24.3 Å². The minimum absolute atomic E-state index is 0.106. The maximum absolute atomic E-state index is 12.6. The topological polar surface area (TPSA) is 84.5 Å². The van der Waals surface area contributed by atoms with Crippen LogP contribution < -0.4 is 14.8 Å². The molecule has 9 heteroatoms.